The average Bonchev–Trinajstić information content (AvgIpc) is 2.77. The standard InChI is InChI=1S/C13H16ClN3OS.ClH/c1-17(9-12-8-16-13(15)19-12)6-7-18-11-4-2-10(14)3-5-11;/h2-5,8H,6-7,9H2,1H3,(H2,15,16);1H. The van der Waals surface area contributed by atoms with Gasteiger partial charge in [0.2, 0.25) is 0 Å². The molecular weight excluding hydrogens is 317 g/mol. The fourth-order valence-electron chi connectivity index (χ4n) is 1.59. The van der Waals surface area contributed by atoms with Gasteiger partial charge in [-0.3, -0.25) is 4.90 Å². The lowest BCUT2D eigenvalue weighted by atomic mass is 10.3. The highest BCUT2D eigenvalue weighted by molar-refractivity contribution is 7.15. The Morgan fingerprint density at radius 1 is 1.35 bits per heavy atom. The molecule has 20 heavy (non-hydrogen) atoms. The molecule has 0 aliphatic carbocycles. The molecule has 0 aliphatic rings. The summed E-state index contributed by atoms with van der Waals surface area (Å²) in [4.78, 5) is 7.36. The van der Waals surface area contributed by atoms with Crippen LogP contribution in [0.2, 0.25) is 5.02 Å². The number of thiazole rings is 1. The number of anilines is 1. The molecule has 2 aromatic rings. The van der Waals surface area contributed by atoms with Crippen molar-refractivity contribution in [1.82, 2.24) is 9.88 Å². The third-order valence-electron chi connectivity index (χ3n) is 2.55. The molecule has 7 heteroatoms. The molecule has 0 spiro atoms. The number of likely N-dealkylation sites (N-methyl/N-ethyl adjacent to an activating group) is 1. The highest BCUT2D eigenvalue weighted by atomic mass is 35.5. The lowest BCUT2D eigenvalue weighted by Gasteiger charge is -2.15. The average molecular weight is 334 g/mol. The monoisotopic (exact) mass is 333 g/mol. The first-order valence-electron chi connectivity index (χ1n) is 5.90. The zero-order chi connectivity index (χ0) is 13.7. The van der Waals surface area contributed by atoms with Gasteiger partial charge in [-0.2, -0.15) is 0 Å². The Morgan fingerprint density at radius 2 is 2.05 bits per heavy atom. The van der Waals surface area contributed by atoms with Crippen LogP contribution in [-0.2, 0) is 6.54 Å². The minimum Gasteiger partial charge on any atom is -0.492 e. The smallest absolute Gasteiger partial charge is 0.180 e. The van der Waals surface area contributed by atoms with Crippen LogP contribution >= 0.6 is 35.3 Å². The number of benzene rings is 1. The highest BCUT2D eigenvalue weighted by Crippen LogP contribution is 2.17. The predicted octanol–water partition coefficient (Wildman–Crippen LogP) is 3.31. The molecule has 0 amide bonds. The largest absolute Gasteiger partial charge is 0.492 e. The Kier molecular flexibility index (Phi) is 7.09. The zero-order valence-corrected chi connectivity index (χ0v) is 13.5. The van der Waals surface area contributed by atoms with E-state index in [4.69, 9.17) is 22.1 Å². The summed E-state index contributed by atoms with van der Waals surface area (Å²) in [6.45, 7) is 2.30. The third-order valence-corrected chi connectivity index (χ3v) is 3.62. The van der Waals surface area contributed by atoms with E-state index in [-0.39, 0.29) is 12.4 Å². The SMILES string of the molecule is CN(CCOc1ccc(Cl)cc1)Cc1cnc(N)s1.Cl. The van der Waals surface area contributed by atoms with Crippen molar-refractivity contribution in [2.24, 2.45) is 0 Å². The fraction of sp³-hybridized carbons (Fsp3) is 0.308. The van der Waals surface area contributed by atoms with Gasteiger partial charge in [-0.15, -0.1) is 23.7 Å². The van der Waals surface area contributed by atoms with Crippen LogP contribution in [0.25, 0.3) is 0 Å². The van der Waals surface area contributed by atoms with Crippen molar-refractivity contribution < 1.29 is 4.74 Å². The molecule has 0 saturated carbocycles. The third kappa shape index (κ3) is 5.54. The summed E-state index contributed by atoms with van der Waals surface area (Å²) in [5.74, 6) is 0.833. The molecule has 1 aromatic carbocycles. The van der Waals surface area contributed by atoms with Crippen molar-refractivity contribution in [3.63, 3.8) is 0 Å². The molecule has 4 nitrogen and oxygen atoms in total. The van der Waals surface area contributed by atoms with Gasteiger partial charge >= 0.3 is 0 Å². The summed E-state index contributed by atoms with van der Waals surface area (Å²) in [6.07, 6.45) is 1.82. The van der Waals surface area contributed by atoms with E-state index in [1.54, 1.807) is 0 Å². The Balaban J connectivity index is 0.00000200. The molecule has 2 rings (SSSR count). The Labute approximate surface area is 133 Å². The van der Waals surface area contributed by atoms with E-state index in [9.17, 15) is 0 Å². The van der Waals surface area contributed by atoms with Crippen molar-refractivity contribution in [3.05, 3.63) is 40.4 Å². The molecule has 2 N–H and O–H groups in total. The van der Waals surface area contributed by atoms with E-state index in [0.29, 0.717) is 16.8 Å². The first kappa shape index (κ1) is 17.0. The fourth-order valence-corrected chi connectivity index (χ4v) is 2.48. The van der Waals surface area contributed by atoms with Crippen LogP contribution in [-0.4, -0.2) is 30.1 Å². The molecule has 0 aliphatic heterocycles. The predicted molar refractivity (Wildman–Crippen MR) is 87.1 cm³/mol. The van der Waals surface area contributed by atoms with Gasteiger partial charge in [0, 0.05) is 29.2 Å². The molecule has 0 radical (unpaired) electrons. The van der Waals surface area contributed by atoms with Crippen LogP contribution in [0.4, 0.5) is 5.13 Å². The minimum absolute atomic E-state index is 0. The van der Waals surface area contributed by atoms with Crippen molar-refractivity contribution in [2.75, 3.05) is 25.9 Å². The second kappa shape index (κ2) is 8.32. The molecule has 0 fully saturated rings. The molecule has 0 atom stereocenters. The molecule has 1 heterocycles. The maximum atomic E-state index is 5.81. The summed E-state index contributed by atoms with van der Waals surface area (Å²) in [6, 6.07) is 7.37. The van der Waals surface area contributed by atoms with Gasteiger partial charge in [0.15, 0.2) is 5.13 Å². The number of nitrogens with two attached hydrogens (primary N) is 1. The van der Waals surface area contributed by atoms with E-state index in [1.165, 1.54) is 11.3 Å². The van der Waals surface area contributed by atoms with Gasteiger partial charge in [0.05, 0.1) is 0 Å². The minimum atomic E-state index is 0. The summed E-state index contributed by atoms with van der Waals surface area (Å²) >= 11 is 7.33. The van der Waals surface area contributed by atoms with Crippen LogP contribution in [0.5, 0.6) is 5.75 Å². The molecular formula is C13H17Cl2N3OS. The molecule has 0 unspecified atom stereocenters. The second-order valence-electron chi connectivity index (χ2n) is 4.20. The van der Waals surface area contributed by atoms with Gasteiger partial charge in [0.25, 0.3) is 0 Å². The Bertz CT molecular complexity index is 519. The second-order valence-corrected chi connectivity index (χ2v) is 5.79. The topological polar surface area (TPSA) is 51.4 Å². The van der Waals surface area contributed by atoms with E-state index in [1.807, 2.05) is 37.5 Å². The van der Waals surface area contributed by atoms with E-state index in [2.05, 4.69) is 9.88 Å². The first-order chi connectivity index (χ1) is 9.13. The number of hydrogen-bond acceptors (Lipinski definition) is 5. The molecule has 0 bridgehead atoms. The quantitative estimate of drug-likeness (QED) is 0.881. The van der Waals surface area contributed by atoms with E-state index < -0.39 is 0 Å². The molecule has 0 saturated heterocycles. The van der Waals surface area contributed by atoms with Crippen molar-refractivity contribution >= 4 is 40.5 Å². The maximum Gasteiger partial charge on any atom is 0.180 e. The summed E-state index contributed by atoms with van der Waals surface area (Å²) in [5, 5.41) is 1.33. The number of nitrogen functional groups attached to an aromatic ring is 1. The van der Waals surface area contributed by atoms with E-state index in [0.717, 1.165) is 23.7 Å². The summed E-state index contributed by atoms with van der Waals surface area (Å²) in [7, 11) is 2.04. The van der Waals surface area contributed by atoms with Gasteiger partial charge < -0.3 is 10.5 Å². The van der Waals surface area contributed by atoms with Crippen LogP contribution in [0, 0.1) is 0 Å². The number of halogens is 2. The summed E-state index contributed by atoms with van der Waals surface area (Å²) in [5.41, 5.74) is 5.60. The van der Waals surface area contributed by atoms with Gasteiger partial charge in [-0.25, -0.2) is 4.98 Å². The van der Waals surface area contributed by atoms with Crippen LogP contribution in [0.1, 0.15) is 4.88 Å². The number of ether oxygens (including phenoxy) is 1. The number of nitrogens with zero attached hydrogens (tertiary/aromatic N) is 2. The first-order valence-corrected chi connectivity index (χ1v) is 7.10. The van der Waals surface area contributed by atoms with Gasteiger partial charge in [-0.05, 0) is 31.3 Å². The number of rotatable bonds is 6. The normalized spacial score (nSPS) is 10.3. The lowest BCUT2D eigenvalue weighted by Crippen LogP contribution is -2.23. The van der Waals surface area contributed by atoms with Crippen LogP contribution in [0.3, 0.4) is 0 Å². The number of hydrogen-bond donors (Lipinski definition) is 1. The molecule has 110 valence electrons. The lowest BCUT2D eigenvalue weighted by molar-refractivity contribution is 0.234. The van der Waals surface area contributed by atoms with Crippen molar-refractivity contribution in [3.8, 4) is 5.75 Å². The van der Waals surface area contributed by atoms with Crippen LogP contribution in [0.15, 0.2) is 30.5 Å². The maximum absolute atomic E-state index is 5.81. The molecule has 1 aromatic heterocycles. The summed E-state index contributed by atoms with van der Waals surface area (Å²) < 4.78 is 5.64. The Morgan fingerprint density at radius 3 is 2.65 bits per heavy atom. The van der Waals surface area contributed by atoms with Gasteiger partial charge in [0.1, 0.15) is 12.4 Å². The van der Waals surface area contributed by atoms with E-state index >= 15 is 0 Å². The van der Waals surface area contributed by atoms with Crippen molar-refractivity contribution in [1.29, 1.82) is 0 Å². The Hall–Kier alpha value is -1.01. The number of aromatic nitrogens is 1. The highest BCUT2D eigenvalue weighted by Gasteiger charge is 2.04. The van der Waals surface area contributed by atoms with Crippen molar-refractivity contribution in [2.45, 2.75) is 6.54 Å². The van der Waals surface area contributed by atoms with Gasteiger partial charge in [-0.1, -0.05) is 11.6 Å². The zero-order valence-electron chi connectivity index (χ0n) is 11.1. The van der Waals surface area contributed by atoms with Crippen LogP contribution < -0.4 is 10.5 Å².